The molecule has 3 aromatic carbocycles. The average Bonchev–Trinajstić information content (AvgIpc) is 3.65. The minimum Gasteiger partial charge on any atom is -0.465 e. The highest BCUT2D eigenvalue weighted by Gasteiger charge is 2.30. The van der Waals surface area contributed by atoms with Crippen molar-refractivity contribution in [3.05, 3.63) is 83.4 Å². The Morgan fingerprint density at radius 3 is 2.22 bits per heavy atom. The molecule has 1 aliphatic carbocycles. The van der Waals surface area contributed by atoms with Crippen LogP contribution in [0, 0.1) is 18.8 Å². The van der Waals surface area contributed by atoms with Crippen molar-refractivity contribution in [2.75, 3.05) is 19.0 Å². The van der Waals surface area contributed by atoms with E-state index in [-0.39, 0.29) is 30.1 Å². The van der Waals surface area contributed by atoms with Gasteiger partial charge in [-0.2, -0.15) is 5.21 Å². The number of carbonyl (C=O) groups is 4. The molecule has 1 heterocycles. The minimum atomic E-state index is -0.840. The number of esters is 1. The summed E-state index contributed by atoms with van der Waals surface area (Å²) in [7, 11) is 1.35. The van der Waals surface area contributed by atoms with Crippen LogP contribution in [0.1, 0.15) is 67.9 Å². The van der Waals surface area contributed by atoms with Gasteiger partial charge >= 0.3 is 12.1 Å². The number of hydrogen-bond acceptors (Lipinski definition) is 9. The van der Waals surface area contributed by atoms with Crippen LogP contribution in [-0.2, 0) is 25.5 Å². The fraction of sp³-hybridized carbons (Fsp3) is 0.395. The number of rotatable bonds is 11. The number of nitrogens with zero attached hydrogens (tertiary/aromatic N) is 3. The van der Waals surface area contributed by atoms with E-state index >= 15 is 0 Å². The van der Waals surface area contributed by atoms with E-state index in [9.17, 15) is 19.2 Å². The molecule has 4 N–H and O–H groups in total. The first-order valence-corrected chi connectivity index (χ1v) is 17.1. The van der Waals surface area contributed by atoms with Crippen LogP contribution in [0.25, 0.3) is 22.5 Å². The van der Waals surface area contributed by atoms with Gasteiger partial charge in [0.05, 0.1) is 12.7 Å². The van der Waals surface area contributed by atoms with Gasteiger partial charge in [0, 0.05) is 30.1 Å². The molecule has 3 amide bonds. The highest BCUT2D eigenvalue weighted by molar-refractivity contribution is 5.98. The number of amides is 3. The summed E-state index contributed by atoms with van der Waals surface area (Å²) in [6, 6.07) is 19.5. The Bertz CT molecular complexity index is 1810. The summed E-state index contributed by atoms with van der Waals surface area (Å²) >= 11 is 0. The van der Waals surface area contributed by atoms with E-state index in [1.807, 2.05) is 58.0 Å². The number of ether oxygens (including phenoxy) is 2. The highest BCUT2D eigenvalue weighted by Crippen LogP contribution is 2.29. The predicted octanol–water partition coefficient (Wildman–Crippen LogP) is 5.63. The van der Waals surface area contributed by atoms with Crippen LogP contribution in [-0.4, -0.2) is 69.8 Å². The molecule has 0 bridgehead atoms. The van der Waals surface area contributed by atoms with E-state index in [2.05, 4.69) is 36.6 Å². The van der Waals surface area contributed by atoms with Gasteiger partial charge in [0.15, 0.2) is 0 Å². The quantitative estimate of drug-likeness (QED) is 0.145. The summed E-state index contributed by atoms with van der Waals surface area (Å²) < 4.78 is 10.2. The van der Waals surface area contributed by atoms with E-state index in [0.29, 0.717) is 36.5 Å². The fourth-order valence-electron chi connectivity index (χ4n) is 6.17. The van der Waals surface area contributed by atoms with Crippen molar-refractivity contribution in [3.8, 4) is 22.5 Å². The molecule has 0 radical (unpaired) electrons. The molecule has 4 aromatic rings. The first-order chi connectivity index (χ1) is 24.4. The molecule has 1 atom stereocenters. The number of aryl methyl sites for hydroxylation is 1. The summed E-state index contributed by atoms with van der Waals surface area (Å²) in [5.41, 5.74) is 4.93. The zero-order valence-electron chi connectivity index (χ0n) is 29.6. The Hall–Kier alpha value is -5.59. The van der Waals surface area contributed by atoms with Crippen LogP contribution in [0.2, 0.25) is 0 Å². The molecule has 5 rings (SSSR count). The van der Waals surface area contributed by atoms with E-state index in [4.69, 9.17) is 9.47 Å². The Morgan fingerprint density at radius 2 is 1.61 bits per heavy atom. The Labute approximate surface area is 297 Å². The number of methoxy groups -OCH3 is 1. The van der Waals surface area contributed by atoms with Crippen LogP contribution in [0.3, 0.4) is 0 Å². The zero-order valence-corrected chi connectivity index (χ0v) is 29.6. The molecule has 268 valence electrons. The lowest BCUT2D eigenvalue weighted by Crippen LogP contribution is -2.48. The second kappa shape index (κ2) is 16.4. The molecule has 13 nitrogen and oxygen atoms in total. The molecule has 13 heteroatoms. The summed E-state index contributed by atoms with van der Waals surface area (Å²) in [5, 5.41) is 22.8. The molecule has 1 fully saturated rings. The van der Waals surface area contributed by atoms with E-state index in [1.54, 1.807) is 36.4 Å². The third-order valence-electron chi connectivity index (χ3n) is 8.89. The smallest absolute Gasteiger partial charge is 0.407 e. The molecule has 0 saturated heterocycles. The van der Waals surface area contributed by atoms with Crippen molar-refractivity contribution in [2.24, 2.45) is 11.8 Å². The maximum Gasteiger partial charge on any atom is 0.407 e. The number of H-pyrrole nitrogens is 1. The average molecular weight is 696 g/mol. The summed E-state index contributed by atoms with van der Waals surface area (Å²) in [6.07, 6.45) is 2.69. The topological polar surface area (TPSA) is 177 Å². The number of nitrogens with one attached hydrogen (secondary N) is 4. The molecule has 0 unspecified atom stereocenters. The van der Waals surface area contributed by atoms with Crippen LogP contribution >= 0.6 is 0 Å². The van der Waals surface area contributed by atoms with Gasteiger partial charge in [-0.15, -0.1) is 10.2 Å². The molecular weight excluding hydrogens is 650 g/mol. The Kier molecular flexibility index (Phi) is 11.8. The number of carbonyl (C=O) groups excluding carboxylic acids is 4. The van der Waals surface area contributed by atoms with E-state index < -0.39 is 23.7 Å². The van der Waals surface area contributed by atoms with Crippen molar-refractivity contribution in [2.45, 2.75) is 71.4 Å². The molecular formula is C38H45N7O6. The SMILES string of the molecule is COC(=O)c1ccc(-c2ccc(C[C@H](NC(=O)[C@H]3CC[C@H](CNC(=O)OC(C)(C)C)CC3)C(=O)Nc3ccc(-c4nn[nH]n4)cc3)cc2)c(C)c1. The van der Waals surface area contributed by atoms with Gasteiger partial charge in [0.2, 0.25) is 17.6 Å². The third kappa shape index (κ3) is 10.2. The normalized spacial score (nSPS) is 16.4. The maximum absolute atomic E-state index is 13.7. The van der Waals surface area contributed by atoms with Gasteiger partial charge in [0.1, 0.15) is 11.6 Å². The van der Waals surface area contributed by atoms with Gasteiger partial charge in [-0.05, 0) is 123 Å². The lowest BCUT2D eigenvalue weighted by molar-refractivity contribution is -0.130. The van der Waals surface area contributed by atoms with E-state index in [0.717, 1.165) is 40.7 Å². The maximum atomic E-state index is 13.7. The lowest BCUT2D eigenvalue weighted by atomic mass is 9.81. The molecule has 1 aliphatic rings. The molecule has 1 saturated carbocycles. The molecule has 1 aromatic heterocycles. The van der Waals surface area contributed by atoms with Crippen LogP contribution in [0.15, 0.2) is 66.7 Å². The Balaban J connectivity index is 1.25. The monoisotopic (exact) mass is 695 g/mol. The third-order valence-corrected chi connectivity index (χ3v) is 8.89. The Morgan fingerprint density at radius 1 is 0.922 bits per heavy atom. The van der Waals surface area contributed by atoms with Gasteiger partial charge in [-0.25, -0.2) is 9.59 Å². The van der Waals surface area contributed by atoms with Crippen LogP contribution in [0.4, 0.5) is 10.5 Å². The first-order valence-electron chi connectivity index (χ1n) is 17.1. The zero-order chi connectivity index (χ0) is 36.5. The minimum absolute atomic E-state index is 0.168. The molecule has 0 aliphatic heterocycles. The van der Waals surface area contributed by atoms with Crippen LogP contribution in [0.5, 0.6) is 0 Å². The number of tetrazole rings is 1. The van der Waals surface area contributed by atoms with Crippen molar-refractivity contribution >= 4 is 29.6 Å². The van der Waals surface area contributed by atoms with Gasteiger partial charge in [0.25, 0.3) is 0 Å². The standard InChI is InChI=1S/C38H45N7O6/c1-23-20-29(36(48)50-5)16-19-31(23)26-10-6-24(7-11-26)21-32(35(47)40-30-17-14-27(15-18-30)33-42-44-45-43-33)41-34(46)28-12-8-25(9-13-28)22-39-37(49)51-38(2,3)4/h6-7,10-11,14-20,25,28,32H,8-9,12-13,21-22H2,1-5H3,(H,39,49)(H,40,47)(H,41,46)(H,42,43,44,45)/t25-,28-,32-/m0/s1. The number of aromatic nitrogens is 4. The number of alkyl carbamates (subject to hydrolysis) is 1. The van der Waals surface area contributed by atoms with Crippen molar-refractivity contribution in [1.29, 1.82) is 0 Å². The summed E-state index contributed by atoms with van der Waals surface area (Å²) in [4.78, 5) is 51.4. The van der Waals surface area contributed by atoms with Crippen molar-refractivity contribution < 1.29 is 28.7 Å². The van der Waals surface area contributed by atoms with E-state index in [1.165, 1.54) is 7.11 Å². The number of benzene rings is 3. The molecule has 0 spiro atoms. The van der Waals surface area contributed by atoms with Gasteiger partial charge in [-0.1, -0.05) is 30.3 Å². The van der Waals surface area contributed by atoms with Gasteiger partial charge < -0.3 is 25.4 Å². The largest absolute Gasteiger partial charge is 0.465 e. The van der Waals surface area contributed by atoms with Crippen molar-refractivity contribution in [1.82, 2.24) is 31.3 Å². The number of aromatic amines is 1. The first kappa shape index (κ1) is 36.7. The summed E-state index contributed by atoms with van der Waals surface area (Å²) in [5.74, 6) is -0.465. The lowest BCUT2D eigenvalue weighted by Gasteiger charge is -2.29. The predicted molar refractivity (Wildman–Crippen MR) is 192 cm³/mol. The fourth-order valence-corrected chi connectivity index (χ4v) is 6.17. The second-order valence-corrected chi connectivity index (χ2v) is 13.9. The highest BCUT2D eigenvalue weighted by atomic mass is 16.6. The summed E-state index contributed by atoms with van der Waals surface area (Å²) in [6.45, 7) is 7.89. The number of anilines is 1. The molecule has 51 heavy (non-hydrogen) atoms. The van der Waals surface area contributed by atoms with Gasteiger partial charge in [-0.3, -0.25) is 9.59 Å². The van der Waals surface area contributed by atoms with Crippen molar-refractivity contribution in [3.63, 3.8) is 0 Å². The second-order valence-electron chi connectivity index (χ2n) is 13.9. The number of hydrogen-bond donors (Lipinski definition) is 4. The van der Waals surface area contributed by atoms with Crippen LogP contribution < -0.4 is 16.0 Å².